The molecule has 0 spiro atoms. The maximum absolute atomic E-state index is 11.8. The van der Waals surface area contributed by atoms with Crippen molar-refractivity contribution in [2.45, 2.75) is 24.4 Å². The van der Waals surface area contributed by atoms with Gasteiger partial charge in [0.05, 0.1) is 52.9 Å². The number of aliphatic hydroxyl groups excluding tert-OH is 6. The van der Waals surface area contributed by atoms with Crippen LogP contribution in [0.3, 0.4) is 0 Å². The maximum Gasteiger partial charge on any atom is 0.327 e. The average Bonchev–Trinajstić information content (AvgIpc) is 2.57. The summed E-state index contributed by atoms with van der Waals surface area (Å²) in [5.74, 6) is 0. The first kappa shape index (κ1) is 24.8. The second kappa shape index (κ2) is 14.0. The SMILES string of the molecule is CP(=O)(OCC(O)CO)OCC(O)COCC(O)COCC(O)CO. The second-order valence-corrected chi connectivity index (χ2v) is 7.48. The van der Waals surface area contributed by atoms with E-state index in [-0.39, 0.29) is 39.6 Å². The number of aliphatic hydroxyl groups is 6. The molecule has 0 radical (unpaired) electrons. The summed E-state index contributed by atoms with van der Waals surface area (Å²) in [6.07, 6.45) is -4.30. The van der Waals surface area contributed by atoms with Crippen molar-refractivity contribution in [2.24, 2.45) is 0 Å². The Hall–Kier alpha value is -0.170. The highest BCUT2D eigenvalue weighted by molar-refractivity contribution is 7.52. The summed E-state index contributed by atoms with van der Waals surface area (Å²) >= 11 is 0. The van der Waals surface area contributed by atoms with Crippen LogP contribution in [0, 0.1) is 0 Å². The van der Waals surface area contributed by atoms with Crippen molar-refractivity contribution in [3.63, 3.8) is 0 Å². The summed E-state index contributed by atoms with van der Waals surface area (Å²) in [4.78, 5) is 0. The van der Waals surface area contributed by atoms with Gasteiger partial charge in [0, 0.05) is 6.66 Å². The van der Waals surface area contributed by atoms with Gasteiger partial charge in [-0.25, -0.2) is 0 Å². The Morgan fingerprint density at radius 3 is 1.44 bits per heavy atom. The number of hydrogen-bond acceptors (Lipinski definition) is 11. The highest BCUT2D eigenvalue weighted by Gasteiger charge is 2.21. The molecule has 0 aliphatic carbocycles. The number of rotatable bonds is 16. The average molecular weight is 392 g/mol. The molecule has 12 heteroatoms. The second-order valence-electron chi connectivity index (χ2n) is 5.42. The van der Waals surface area contributed by atoms with E-state index in [1.807, 2.05) is 0 Å². The third-order valence-electron chi connectivity index (χ3n) is 2.67. The van der Waals surface area contributed by atoms with Gasteiger partial charge in [-0.2, -0.15) is 0 Å². The van der Waals surface area contributed by atoms with Crippen LogP contribution in [0.4, 0.5) is 0 Å². The fraction of sp³-hybridized carbons (Fsp3) is 1.00. The highest BCUT2D eigenvalue weighted by atomic mass is 31.2. The number of hydrogen-bond donors (Lipinski definition) is 6. The summed E-state index contributed by atoms with van der Waals surface area (Å²) in [6, 6.07) is 0. The molecule has 0 aromatic rings. The van der Waals surface area contributed by atoms with Gasteiger partial charge in [-0.3, -0.25) is 4.57 Å². The van der Waals surface area contributed by atoms with E-state index in [1.165, 1.54) is 0 Å². The first-order chi connectivity index (χ1) is 11.7. The molecule has 5 unspecified atom stereocenters. The standard InChI is InChI=1S/C13H29O11P/c1-25(20,23-8-11(17)3-15)24-9-13(19)7-22-6-12(18)5-21-4-10(16)2-14/h10-19H,2-9H2,1H3. The summed E-state index contributed by atoms with van der Waals surface area (Å²) in [6.45, 7) is -1.12. The molecule has 0 aliphatic heterocycles. The van der Waals surface area contributed by atoms with Crippen LogP contribution in [0.5, 0.6) is 0 Å². The summed E-state index contributed by atoms with van der Waals surface area (Å²) in [5.41, 5.74) is 0. The third kappa shape index (κ3) is 14.7. The lowest BCUT2D eigenvalue weighted by atomic mass is 10.4. The molecular weight excluding hydrogens is 363 g/mol. The molecule has 0 fully saturated rings. The van der Waals surface area contributed by atoms with E-state index in [4.69, 9.17) is 38.9 Å². The van der Waals surface area contributed by atoms with E-state index >= 15 is 0 Å². The minimum Gasteiger partial charge on any atom is -0.394 e. The zero-order valence-corrected chi connectivity index (χ0v) is 15.0. The normalized spacial score (nSPS) is 19.2. The van der Waals surface area contributed by atoms with Gasteiger partial charge >= 0.3 is 7.60 Å². The van der Waals surface area contributed by atoms with Crippen LogP contribution in [0.15, 0.2) is 0 Å². The van der Waals surface area contributed by atoms with E-state index in [0.29, 0.717) is 0 Å². The molecule has 0 saturated heterocycles. The monoisotopic (exact) mass is 392 g/mol. The van der Waals surface area contributed by atoms with Gasteiger partial charge in [0.1, 0.15) is 24.4 Å². The predicted molar refractivity (Wildman–Crippen MR) is 85.3 cm³/mol. The fourth-order valence-electron chi connectivity index (χ4n) is 1.36. The Kier molecular flexibility index (Phi) is 13.9. The lowest BCUT2D eigenvalue weighted by Crippen LogP contribution is -2.29. The molecule has 25 heavy (non-hydrogen) atoms. The summed E-state index contributed by atoms with van der Waals surface area (Å²) < 4.78 is 31.6. The number of ether oxygens (including phenoxy) is 2. The Balaban J connectivity index is 3.78. The molecule has 0 rings (SSSR count). The van der Waals surface area contributed by atoms with Crippen LogP contribution >= 0.6 is 7.60 Å². The van der Waals surface area contributed by atoms with Gasteiger partial charge in [-0.1, -0.05) is 0 Å². The Bertz CT molecular complexity index is 370. The maximum atomic E-state index is 11.8. The van der Waals surface area contributed by atoms with Crippen molar-refractivity contribution in [3.8, 4) is 0 Å². The molecule has 0 bridgehead atoms. The fourth-order valence-corrected chi connectivity index (χ4v) is 2.32. The van der Waals surface area contributed by atoms with Crippen molar-refractivity contribution in [2.75, 3.05) is 59.5 Å². The topological polar surface area (TPSA) is 175 Å². The van der Waals surface area contributed by atoms with Crippen molar-refractivity contribution in [1.82, 2.24) is 0 Å². The van der Waals surface area contributed by atoms with Crippen molar-refractivity contribution < 1.29 is 53.7 Å². The molecule has 152 valence electrons. The van der Waals surface area contributed by atoms with Crippen LogP contribution in [-0.4, -0.2) is 115 Å². The van der Waals surface area contributed by atoms with E-state index < -0.39 is 45.2 Å². The van der Waals surface area contributed by atoms with Gasteiger partial charge in [0.2, 0.25) is 0 Å². The van der Waals surface area contributed by atoms with Crippen molar-refractivity contribution >= 4 is 7.60 Å². The Morgan fingerprint density at radius 1 is 0.680 bits per heavy atom. The lowest BCUT2D eigenvalue weighted by Gasteiger charge is -2.19. The predicted octanol–water partition coefficient (Wildman–Crippen LogP) is -2.70. The van der Waals surface area contributed by atoms with Gasteiger partial charge < -0.3 is 49.2 Å². The van der Waals surface area contributed by atoms with Gasteiger partial charge in [0.15, 0.2) is 0 Å². The smallest absolute Gasteiger partial charge is 0.327 e. The molecule has 0 heterocycles. The van der Waals surface area contributed by atoms with Crippen molar-refractivity contribution in [1.29, 1.82) is 0 Å². The lowest BCUT2D eigenvalue weighted by molar-refractivity contribution is -0.0622. The van der Waals surface area contributed by atoms with Gasteiger partial charge in [-0.15, -0.1) is 0 Å². The summed E-state index contributed by atoms with van der Waals surface area (Å²) in [7, 11) is -3.49. The Morgan fingerprint density at radius 2 is 1.00 bits per heavy atom. The third-order valence-corrected chi connectivity index (χ3v) is 3.90. The molecule has 5 atom stereocenters. The minimum absolute atomic E-state index is 0.116. The van der Waals surface area contributed by atoms with Crippen LogP contribution in [0.2, 0.25) is 0 Å². The molecule has 0 aliphatic rings. The summed E-state index contributed by atoms with van der Waals surface area (Å²) in [5, 5.41) is 54.5. The molecular formula is C13H29O11P. The molecule has 6 N–H and O–H groups in total. The molecule has 11 nitrogen and oxygen atoms in total. The van der Waals surface area contributed by atoms with E-state index in [9.17, 15) is 14.8 Å². The van der Waals surface area contributed by atoms with Gasteiger partial charge in [0.25, 0.3) is 0 Å². The molecule has 0 amide bonds. The molecule has 0 aromatic carbocycles. The van der Waals surface area contributed by atoms with E-state index in [0.717, 1.165) is 6.66 Å². The zero-order valence-electron chi connectivity index (χ0n) is 14.1. The first-order valence-corrected chi connectivity index (χ1v) is 9.65. The Labute approximate surface area is 146 Å². The largest absolute Gasteiger partial charge is 0.394 e. The quantitative estimate of drug-likeness (QED) is 0.151. The minimum atomic E-state index is -3.49. The zero-order chi connectivity index (χ0) is 19.3. The first-order valence-electron chi connectivity index (χ1n) is 7.66. The van der Waals surface area contributed by atoms with Crippen LogP contribution in [-0.2, 0) is 23.1 Å². The van der Waals surface area contributed by atoms with Gasteiger partial charge in [-0.05, 0) is 0 Å². The van der Waals surface area contributed by atoms with E-state index in [1.54, 1.807) is 0 Å². The van der Waals surface area contributed by atoms with Crippen molar-refractivity contribution in [3.05, 3.63) is 0 Å². The molecule has 0 saturated carbocycles. The van der Waals surface area contributed by atoms with Crippen LogP contribution in [0.25, 0.3) is 0 Å². The highest BCUT2D eigenvalue weighted by Crippen LogP contribution is 2.43. The van der Waals surface area contributed by atoms with Crippen LogP contribution < -0.4 is 0 Å². The van der Waals surface area contributed by atoms with Crippen LogP contribution in [0.1, 0.15) is 0 Å². The van der Waals surface area contributed by atoms with E-state index in [2.05, 4.69) is 0 Å². The molecule has 0 aromatic heterocycles.